The van der Waals surface area contributed by atoms with Crippen LogP contribution >= 0.6 is 27.5 Å². The molecule has 35 heavy (non-hydrogen) atoms. The van der Waals surface area contributed by atoms with Gasteiger partial charge < -0.3 is 9.84 Å². The fraction of sp³-hybridized carbons (Fsp3) is 0.269. The smallest absolute Gasteiger partial charge is 0.285 e. The first kappa shape index (κ1) is 23.9. The van der Waals surface area contributed by atoms with Crippen LogP contribution in [0.3, 0.4) is 0 Å². The molecule has 0 spiro atoms. The van der Waals surface area contributed by atoms with Crippen LogP contribution in [0.2, 0.25) is 5.02 Å². The Kier molecular flexibility index (Phi) is 6.36. The number of aliphatic hydroxyl groups is 1. The predicted molar refractivity (Wildman–Crippen MR) is 131 cm³/mol. The maximum Gasteiger partial charge on any atom is 0.285 e. The highest BCUT2D eigenvalue weighted by Gasteiger charge is 2.55. The van der Waals surface area contributed by atoms with E-state index in [0.29, 0.717) is 50.3 Å². The maximum atomic E-state index is 16.1. The van der Waals surface area contributed by atoms with Crippen molar-refractivity contribution in [1.82, 2.24) is 10.1 Å². The summed E-state index contributed by atoms with van der Waals surface area (Å²) in [5, 5.41) is 20.2. The summed E-state index contributed by atoms with van der Waals surface area (Å²) in [4.78, 5) is 17.8. The Bertz CT molecular complexity index is 1330. The molecule has 1 saturated carbocycles. The number of carbonyl (C=O) groups is 1. The molecule has 0 bridgehead atoms. The highest BCUT2D eigenvalue weighted by molar-refractivity contribution is 9.10. The van der Waals surface area contributed by atoms with Crippen LogP contribution in [0, 0.1) is 11.3 Å². The molecule has 3 atom stereocenters. The summed E-state index contributed by atoms with van der Waals surface area (Å²) in [6, 6.07) is 15.6. The molecule has 1 aliphatic carbocycles. The van der Waals surface area contributed by atoms with Crippen LogP contribution in [-0.4, -0.2) is 33.3 Å². The zero-order chi connectivity index (χ0) is 24.7. The van der Waals surface area contributed by atoms with Gasteiger partial charge in [-0.1, -0.05) is 50.2 Å². The van der Waals surface area contributed by atoms with Gasteiger partial charge in [0.2, 0.25) is 5.72 Å². The number of nitrogens with zero attached hydrogens (tertiary/aromatic N) is 3. The predicted octanol–water partition coefficient (Wildman–Crippen LogP) is 5.70. The van der Waals surface area contributed by atoms with E-state index in [0.717, 1.165) is 6.42 Å². The topological polar surface area (TPSA) is 86.4 Å². The number of rotatable bonds is 5. The molecule has 1 N–H and O–H groups in total. The lowest BCUT2D eigenvalue weighted by Crippen LogP contribution is -2.47. The van der Waals surface area contributed by atoms with Crippen molar-refractivity contribution in [1.29, 1.82) is 5.26 Å². The number of pyridine rings is 1. The lowest BCUT2D eigenvalue weighted by molar-refractivity contribution is -0.240. The van der Waals surface area contributed by atoms with E-state index in [1.807, 2.05) is 6.07 Å². The van der Waals surface area contributed by atoms with Gasteiger partial charge >= 0.3 is 0 Å². The molecule has 2 aliphatic rings. The largest absolute Gasteiger partial charge is 0.390 e. The minimum absolute atomic E-state index is 0.0984. The lowest BCUT2D eigenvalue weighted by atomic mass is 9.91. The Hall–Kier alpha value is -2.83. The maximum absolute atomic E-state index is 16.1. The van der Waals surface area contributed by atoms with Gasteiger partial charge in [-0.3, -0.25) is 9.78 Å². The van der Waals surface area contributed by atoms with Crippen molar-refractivity contribution in [3.63, 3.8) is 0 Å². The molecule has 5 rings (SSSR count). The van der Waals surface area contributed by atoms with Crippen molar-refractivity contribution in [2.45, 2.75) is 43.6 Å². The van der Waals surface area contributed by atoms with E-state index >= 15 is 4.48 Å². The quantitative estimate of drug-likeness (QED) is 0.407. The van der Waals surface area contributed by atoms with Crippen molar-refractivity contribution in [3.8, 4) is 17.2 Å². The van der Waals surface area contributed by atoms with Crippen molar-refractivity contribution in [2.75, 3.05) is 0 Å². The van der Waals surface area contributed by atoms with Crippen molar-refractivity contribution in [3.05, 3.63) is 86.6 Å². The fourth-order valence-corrected chi connectivity index (χ4v) is 5.53. The average Bonchev–Trinajstić information content (AvgIpc) is 3.35. The number of nitriles is 1. The van der Waals surface area contributed by atoms with Gasteiger partial charge in [-0.05, 0) is 55.2 Å². The molecule has 3 aromatic rings. The van der Waals surface area contributed by atoms with Gasteiger partial charge in [-0.15, -0.1) is 5.12 Å². The third-order valence-electron chi connectivity index (χ3n) is 6.56. The van der Waals surface area contributed by atoms with Crippen LogP contribution in [0.5, 0.6) is 0 Å². The highest BCUT2D eigenvalue weighted by atomic mass is 79.9. The van der Waals surface area contributed by atoms with E-state index in [4.69, 9.17) is 21.6 Å². The molecule has 2 heterocycles. The molecule has 1 amide bonds. The third-order valence-corrected chi connectivity index (χ3v) is 7.47. The van der Waals surface area contributed by atoms with Gasteiger partial charge in [0, 0.05) is 38.9 Å². The number of aromatic nitrogens is 1. The summed E-state index contributed by atoms with van der Waals surface area (Å²) in [6.07, 6.45) is 1.71. The minimum atomic E-state index is -1.83. The number of benzene rings is 2. The van der Waals surface area contributed by atoms with E-state index < -0.39 is 23.8 Å². The Labute approximate surface area is 215 Å². The number of aliphatic hydroxyl groups excluding tert-OH is 1. The Morgan fingerprint density at radius 2 is 1.97 bits per heavy atom. The van der Waals surface area contributed by atoms with Gasteiger partial charge in [0.1, 0.15) is 6.07 Å². The van der Waals surface area contributed by atoms with Crippen LogP contribution in [0.1, 0.15) is 46.4 Å². The molecule has 0 radical (unpaired) electrons. The summed E-state index contributed by atoms with van der Waals surface area (Å²) in [7, 11) is 0. The normalized spacial score (nSPS) is 23.4. The summed E-state index contributed by atoms with van der Waals surface area (Å²) >= 11 is 9.58. The summed E-state index contributed by atoms with van der Waals surface area (Å²) in [5.74, 6) is -0.840. The van der Waals surface area contributed by atoms with Crippen molar-refractivity contribution < 1.29 is 19.1 Å². The molecular weight excluding hydrogens is 537 g/mol. The monoisotopic (exact) mass is 555 g/mol. The number of amides is 1. The molecule has 0 saturated heterocycles. The molecule has 1 fully saturated rings. The van der Waals surface area contributed by atoms with Gasteiger partial charge in [0.25, 0.3) is 5.91 Å². The number of ether oxygens (including phenoxy) is 1. The van der Waals surface area contributed by atoms with E-state index in [-0.39, 0.29) is 17.1 Å². The number of hydrogen-bond acceptors (Lipinski definition) is 5. The molecule has 1 aliphatic heterocycles. The standard InChI is InChI=1S/C26H20BrClFN3O3/c27-20-11-10-19-24(23(20)16-5-7-17(28)8-6-16)25(34)32(29)26(19,35-22-3-1-2-21(22)33)12-18-9-4-15(13-30)14-31-18/h4-11,14,21-22,33H,1-3,12H2. The molecule has 3 unspecified atom stereocenters. The molecule has 1 aromatic heterocycles. The van der Waals surface area contributed by atoms with Gasteiger partial charge in [-0.2, -0.15) is 5.26 Å². The average molecular weight is 557 g/mol. The molecule has 2 aromatic carbocycles. The van der Waals surface area contributed by atoms with Crippen LogP contribution < -0.4 is 0 Å². The Morgan fingerprint density at radius 1 is 1.20 bits per heavy atom. The van der Waals surface area contributed by atoms with Crippen LogP contribution in [0.15, 0.2) is 59.2 Å². The zero-order valence-electron chi connectivity index (χ0n) is 18.4. The second-order valence-electron chi connectivity index (χ2n) is 8.70. The van der Waals surface area contributed by atoms with Gasteiger partial charge in [-0.25, -0.2) is 0 Å². The van der Waals surface area contributed by atoms with Crippen molar-refractivity contribution >= 4 is 33.4 Å². The SMILES string of the molecule is N#Cc1ccc(CC2(OC3CCCC3O)c3ccc(Br)c(-c4ccc(Cl)cc4)c3C(=O)N2F)nc1. The first-order valence-electron chi connectivity index (χ1n) is 11.1. The molecule has 9 heteroatoms. The number of fused-ring (bicyclic) bond motifs is 1. The second-order valence-corrected chi connectivity index (χ2v) is 9.99. The van der Waals surface area contributed by atoms with Crippen LogP contribution in [0.4, 0.5) is 4.48 Å². The van der Waals surface area contributed by atoms with Gasteiger partial charge in [0.15, 0.2) is 0 Å². The molecular formula is C26H20BrClFN3O3. The van der Waals surface area contributed by atoms with E-state index in [9.17, 15) is 9.90 Å². The lowest BCUT2D eigenvalue weighted by Gasteiger charge is -2.36. The fourth-order valence-electron chi connectivity index (χ4n) is 4.84. The first-order valence-corrected chi connectivity index (χ1v) is 12.3. The van der Waals surface area contributed by atoms with E-state index in [1.54, 1.807) is 48.5 Å². The Balaban J connectivity index is 1.69. The second kappa shape index (κ2) is 9.32. The Morgan fingerprint density at radius 3 is 2.60 bits per heavy atom. The van der Waals surface area contributed by atoms with Crippen LogP contribution in [-0.2, 0) is 16.9 Å². The number of halogens is 3. The van der Waals surface area contributed by atoms with Crippen molar-refractivity contribution in [2.24, 2.45) is 0 Å². The third kappa shape index (κ3) is 4.13. The minimum Gasteiger partial charge on any atom is -0.390 e. The number of carbonyl (C=O) groups excluding carboxylic acids is 1. The number of hydrogen-bond donors (Lipinski definition) is 1. The van der Waals surface area contributed by atoms with Gasteiger partial charge in [0.05, 0.1) is 23.3 Å². The molecule has 178 valence electrons. The van der Waals surface area contributed by atoms with E-state index in [1.165, 1.54) is 6.20 Å². The zero-order valence-corrected chi connectivity index (χ0v) is 20.8. The first-order chi connectivity index (χ1) is 16.8. The highest BCUT2D eigenvalue weighted by Crippen LogP contribution is 2.49. The summed E-state index contributed by atoms with van der Waals surface area (Å²) in [5.41, 5.74) is 0.712. The van der Waals surface area contributed by atoms with Crippen LogP contribution in [0.25, 0.3) is 11.1 Å². The summed E-state index contributed by atoms with van der Waals surface area (Å²) in [6.45, 7) is 0. The summed E-state index contributed by atoms with van der Waals surface area (Å²) < 4.78 is 23.0. The van der Waals surface area contributed by atoms with E-state index in [2.05, 4.69) is 20.9 Å². The molecule has 6 nitrogen and oxygen atoms in total.